The van der Waals surface area contributed by atoms with Crippen LogP contribution >= 0.6 is 0 Å². The minimum absolute atomic E-state index is 0.0195. The van der Waals surface area contributed by atoms with Crippen LogP contribution in [0.2, 0.25) is 0 Å². The van der Waals surface area contributed by atoms with E-state index in [0.717, 1.165) is 21.2 Å². The molecule has 0 spiro atoms. The lowest BCUT2D eigenvalue weighted by Crippen LogP contribution is -2.39. The average molecular weight is 512 g/mol. The van der Waals surface area contributed by atoms with Crippen molar-refractivity contribution in [3.63, 3.8) is 0 Å². The number of carbonyl (C=O) groups is 1. The maximum atomic E-state index is 13.6. The van der Waals surface area contributed by atoms with Gasteiger partial charge in [-0.25, -0.2) is 13.8 Å². The molecule has 0 aliphatic rings. The first-order valence-corrected chi connectivity index (χ1v) is 12.6. The van der Waals surface area contributed by atoms with Crippen LogP contribution in [0.3, 0.4) is 0 Å². The molecule has 36 heavy (non-hydrogen) atoms. The monoisotopic (exact) mass is 511 g/mol. The van der Waals surface area contributed by atoms with Crippen molar-refractivity contribution in [3.8, 4) is 17.2 Å². The molecule has 0 atom stereocenters. The first-order valence-electron chi connectivity index (χ1n) is 11.2. The summed E-state index contributed by atoms with van der Waals surface area (Å²) < 4.78 is 44.2. The fraction of sp³-hybridized carbons (Fsp3) is 0.231. The van der Waals surface area contributed by atoms with Crippen LogP contribution in [-0.2, 0) is 21.4 Å². The Labute approximate surface area is 211 Å². The van der Waals surface area contributed by atoms with Crippen molar-refractivity contribution in [3.05, 3.63) is 83.9 Å². The lowest BCUT2D eigenvalue weighted by Gasteiger charge is -2.23. The molecule has 3 aromatic rings. The molecule has 0 saturated heterocycles. The molecule has 9 nitrogen and oxygen atoms in total. The van der Waals surface area contributed by atoms with Crippen molar-refractivity contribution in [2.75, 3.05) is 27.4 Å². The highest BCUT2D eigenvalue weighted by Crippen LogP contribution is 2.31. The second-order valence-corrected chi connectivity index (χ2v) is 9.48. The average Bonchev–Trinajstić information content (AvgIpc) is 2.89. The van der Waals surface area contributed by atoms with Crippen molar-refractivity contribution in [1.29, 1.82) is 0 Å². The second kappa shape index (κ2) is 12.7. The van der Waals surface area contributed by atoms with E-state index in [1.165, 1.54) is 38.6 Å². The van der Waals surface area contributed by atoms with E-state index in [0.29, 0.717) is 12.4 Å². The highest BCUT2D eigenvalue weighted by atomic mass is 32.2. The van der Waals surface area contributed by atoms with Gasteiger partial charge in [0.15, 0.2) is 0 Å². The van der Waals surface area contributed by atoms with Crippen molar-refractivity contribution >= 4 is 22.1 Å². The second-order valence-electron chi connectivity index (χ2n) is 7.57. The Balaban J connectivity index is 1.80. The zero-order valence-corrected chi connectivity index (χ0v) is 21.2. The number of benzene rings is 3. The van der Waals surface area contributed by atoms with Crippen LogP contribution in [0.1, 0.15) is 18.1 Å². The van der Waals surface area contributed by atoms with Crippen LogP contribution < -0.4 is 19.6 Å². The molecule has 0 unspecified atom stereocenters. The van der Waals surface area contributed by atoms with Crippen molar-refractivity contribution < 1.29 is 27.4 Å². The molecule has 3 aromatic carbocycles. The third-order valence-corrected chi connectivity index (χ3v) is 6.94. The Morgan fingerprint density at radius 1 is 0.972 bits per heavy atom. The van der Waals surface area contributed by atoms with Gasteiger partial charge in [-0.1, -0.05) is 30.3 Å². The Hall–Kier alpha value is -3.89. The number of nitrogens with zero attached hydrogens (tertiary/aromatic N) is 2. The summed E-state index contributed by atoms with van der Waals surface area (Å²) in [6.07, 6.45) is 1.47. The lowest BCUT2D eigenvalue weighted by atomic mass is 10.2. The molecule has 3 rings (SSSR count). The van der Waals surface area contributed by atoms with Crippen molar-refractivity contribution in [1.82, 2.24) is 9.73 Å². The topological polar surface area (TPSA) is 107 Å². The number of amides is 1. The molecule has 0 heterocycles. The van der Waals surface area contributed by atoms with Crippen molar-refractivity contribution in [2.24, 2.45) is 5.10 Å². The first kappa shape index (κ1) is 26.7. The van der Waals surface area contributed by atoms with Gasteiger partial charge in [0.2, 0.25) is 10.0 Å². The number of carbonyl (C=O) groups excluding carboxylic acids is 1. The number of methoxy groups -OCH3 is 2. The zero-order chi connectivity index (χ0) is 26.0. The van der Waals surface area contributed by atoms with Gasteiger partial charge < -0.3 is 14.2 Å². The fourth-order valence-electron chi connectivity index (χ4n) is 3.33. The molecule has 1 amide bonds. The summed E-state index contributed by atoms with van der Waals surface area (Å²) in [5.74, 6) is 0.696. The van der Waals surface area contributed by atoms with Crippen LogP contribution in [0.15, 0.2) is 82.8 Å². The number of nitrogens with one attached hydrogen (secondary N) is 1. The third kappa shape index (κ3) is 7.06. The molecule has 0 fully saturated rings. The SMILES string of the molecule is CCOc1ccc(/C=N\NC(=O)CN(Cc2ccccc2)S(=O)(=O)c2ccc(OC)cc2OC)cc1. The summed E-state index contributed by atoms with van der Waals surface area (Å²) in [6, 6.07) is 20.6. The predicted molar refractivity (Wildman–Crippen MR) is 137 cm³/mol. The standard InChI is InChI=1S/C26H29N3O6S/c1-4-35-22-12-10-20(11-13-22)17-27-28-26(30)19-29(18-21-8-6-5-7-9-21)36(31,32)25-15-14-23(33-2)16-24(25)34-3/h5-17H,4,18-19H2,1-3H3,(H,28,30)/b27-17-. The van der Waals surface area contributed by atoms with E-state index in [-0.39, 0.29) is 17.2 Å². The highest BCUT2D eigenvalue weighted by Gasteiger charge is 2.30. The highest BCUT2D eigenvalue weighted by molar-refractivity contribution is 7.89. The number of sulfonamides is 1. The molecule has 0 aromatic heterocycles. The van der Waals surface area contributed by atoms with Crippen LogP contribution in [0, 0.1) is 0 Å². The maximum absolute atomic E-state index is 13.6. The summed E-state index contributed by atoms with van der Waals surface area (Å²) >= 11 is 0. The van der Waals surface area contributed by atoms with E-state index in [4.69, 9.17) is 14.2 Å². The number of hydrogen-bond donors (Lipinski definition) is 1. The molecular weight excluding hydrogens is 482 g/mol. The summed E-state index contributed by atoms with van der Waals surface area (Å²) in [5, 5.41) is 3.96. The van der Waals surface area contributed by atoms with Gasteiger partial charge >= 0.3 is 0 Å². The normalized spacial score (nSPS) is 11.4. The van der Waals surface area contributed by atoms with Gasteiger partial charge in [-0.2, -0.15) is 9.41 Å². The lowest BCUT2D eigenvalue weighted by molar-refractivity contribution is -0.121. The molecule has 0 bridgehead atoms. The molecule has 0 aliphatic carbocycles. The first-order chi connectivity index (χ1) is 17.4. The van der Waals surface area contributed by atoms with E-state index >= 15 is 0 Å². The van der Waals surface area contributed by atoms with E-state index in [1.54, 1.807) is 48.5 Å². The van der Waals surface area contributed by atoms with Gasteiger partial charge in [-0.15, -0.1) is 0 Å². The minimum atomic E-state index is -4.12. The maximum Gasteiger partial charge on any atom is 0.255 e. The summed E-state index contributed by atoms with van der Waals surface area (Å²) in [7, 11) is -1.28. The Kier molecular flexibility index (Phi) is 9.43. The fourth-order valence-corrected chi connectivity index (χ4v) is 4.85. The Morgan fingerprint density at radius 2 is 1.67 bits per heavy atom. The summed E-state index contributed by atoms with van der Waals surface area (Å²) in [4.78, 5) is 12.6. The molecule has 0 radical (unpaired) electrons. The van der Waals surface area contributed by atoms with Crippen LogP contribution in [0.25, 0.3) is 0 Å². The van der Waals surface area contributed by atoms with E-state index < -0.39 is 22.5 Å². The third-order valence-electron chi connectivity index (χ3n) is 5.10. The van der Waals surface area contributed by atoms with Crippen LogP contribution in [0.4, 0.5) is 0 Å². The largest absolute Gasteiger partial charge is 0.497 e. The molecule has 0 aliphatic heterocycles. The molecule has 190 valence electrons. The van der Waals surface area contributed by atoms with Gasteiger partial charge in [0.1, 0.15) is 22.1 Å². The number of hydrazone groups is 1. The van der Waals surface area contributed by atoms with Gasteiger partial charge in [-0.05, 0) is 54.4 Å². The number of rotatable bonds is 12. The Bertz CT molecular complexity index is 1280. The van der Waals surface area contributed by atoms with E-state index in [1.807, 2.05) is 13.0 Å². The summed E-state index contributed by atoms with van der Waals surface area (Å²) in [6.45, 7) is 1.99. The molecular formula is C26H29N3O6S. The molecule has 0 saturated carbocycles. The molecule has 10 heteroatoms. The number of hydrogen-bond acceptors (Lipinski definition) is 7. The molecule has 1 N–H and O–H groups in total. The van der Waals surface area contributed by atoms with Crippen molar-refractivity contribution in [2.45, 2.75) is 18.4 Å². The minimum Gasteiger partial charge on any atom is -0.497 e. The van der Waals surface area contributed by atoms with Crippen LogP contribution in [-0.4, -0.2) is 52.2 Å². The van der Waals surface area contributed by atoms with Gasteiger partial charge in [-0.3, -0.25) is 4.79 Å². The van der Waals surface area contributed by atoms with E-state index in [2.05, 4.69) is 10.5 Å². The van der Waals surface area contributed by atoms with Gasteiger partial charge in [0, 0.05) is 12.6 Å². The number of ether oxygens (including phenoxy) is 3. The predicted octanol–water partition coefficient (Wildman–Crippen LogP) is 3.44. The summed E-state index contributed by atoms with van der Waals surface area (Å²) in [5.41, 5.74) is 3.87. The smallest absolute Gasteiger partial charge is 0.255 e. The zero-order valence-electron chi connectivity index (χ0n) is 20.4. The van der Waals surface area contributed by atoms with Gasteiger partial charge in [0.05, 0.1) is 33.6 Å². The Morgan fingerprint density at radius 3 is 2.31 bits per heavy atom. The van der Waals surface area contributed by atoms with Crippen LogP contribution in [0.5, 0.6) is 17.2 Å². The van der Waals surface area contributed by atoms with E-state index in [9.17, 15) is 13.2 Å². The quantitative estimate of drug-likeness (QED) is 0.295. The van der Waals surface area contributed by atoms with Gasteiger partial charge in [0.25, 0.3) is 5.91 Å².